The van der Waals surface area contributed by atoms with E-state index in [0.29, 0.717) is 12.6 Å². The largest absolute Gasteiger partial charge is 0.494 e. The average molecular weight is 293 g/mol. The highest BCUT2D eigenvalue weighted by Gasteiger charge is 2.12. The fraction of sp³-hybridized carbons (Fsp3) is 0.647. The van der Waals surface area contributed by atoms with Gasteiger partial charge in [0.1, 0.15) is 5.75 Å². The maximum Gasteiger partial charge on any atom is 0.119 e. The molecule has 1 aromatic rings. The van der Waals surface area contributed by atoms with Crippen LogP contribution in [0.25, 0.3) is 0 Å². The van der Waals surface area contributed by atoms with Gasteiger partial charge in [-0.25, -0.2) is 0 Å². The summed E-state index contributed by atoms with van der Waals surface area (Å²) in [5, 5.41) is 0. The summed E-state index contributed by atoms with van der Waals surface area (Å²) in [4.78, 5) is 4.74. The van der Waals surface area contributed by atoms with Crippen molar-refractivity contribution in [2.24, 2.45) is 5.73 Å². The van der Waals surface area contributed by atoms with Crippen molar-refractivity contribution in [2.45, 2.75) is 32.9 Å². The molecule has 0 aromatic heterocycles. The summed E-state index contributed by atoms with van der Waals surface area (Å²) in [6, 6.07) is 8.60. The lowest BCUT2D eigenvalue weighted by atomic mass is 10.2. The number of likely N-dealkylation sites (N-methyl/N-ethyl adjacent to an activating group) is 2. The van der Waals surface area contributed by atoms with Crippen LogP contribution in [0.3, 0.4) is 0 Å². The molecule has 1 unspecified atom stereocenters. The van der Waals surface area contributed by atoms with E-state index in [4.69, 9.17) is 10.5 Å². The molecule has 1 atom stereocenters. The lowest BCUT2D eigenvalue weighted by molar-refractivity contribution is 0.168. The Hall–Kier alpha value is -1.10. The van der Waals surface area contributed by atoms with Crippen LogP contribution in [-0.2, 0) is 6.54 Å². The molecule has 4 nitrogen and oxygen atoms in total. The predicted octanol–water partition coefficient (Wildman–Crippen LogP) is 2.19. The molecule has 2 N–H and O–H groups in total. The molecular weight excluding hydrogens is 262 g/mol. The first-order valence-electron chi connectivity index (χ1n) is 7.87. The van der Waals surface area contributed by atoms with Gasteiger partial charge in [0.05, 0.1) is 6.61 Å². The molecule has 0 radical (unpaired) electrons. The van der Waals surface area contributed by atoms with Crippen molar-refractivity contribution in [2.75, 3.05) is 40.3 Å². The third-order valence-corrected chi connectivity index (χ3v) is 3.65. The van der Waals surface area contributed by atoms with Crippen LogP contribution in [0.2, 0.25) is 0 Å². The van der Waals surface area contributed by atoms with Crippen LogP contribution in [-0.4, -0.2) is 56.2 Å². The number of hydrogen-bond acceptors (Lipinski definition) is 4. The van der Waals surface area contributed by atoms with Gasteiger partial charge in [-0.05, 0) is 51.7 Å². The smallest absolute Gasteiger partial charge is 0.119 e. The molecule has 21 heavy (non-hydrogen) atoms. The number of nitrogens with zero attached hydrogens (tertiary/aromatic N) is 2. The van der Waals surface area contributed by atoms with Crippen molar-refractivity contribution >= 4 is 0 Å². The minimum Gasteiger partial charge on any atom is -0.494 e. The number of benzene rings is 1. The Labute approximate surface area is 129 Å². The Kier molecular flexibility index (Phi) is 8.35. The lowest BCUT2D eigenvalue weighted by Gasteiger charge is -2.29. The molecule has 0 saturated carbocycles. The van der Waals surface area contributed by atoms with Gasteiger partial charge in [-0.15, -0.1) is 0 Å². The van der Waals surface area contributed by atoms with E-state index in [1.807, 2.05) is 24.3 Å². The maximum atomic E-state index is 5.81. The van der Waals surface area contributed by atoms with Crippen LogP contribution < -0.4 is 10.5 Å². The van der Waals surface area contributed by atoms with Gasteiger partial charge in [0.15, 0.2) is 0 Å². The normalized spacial score (nSPS) is 12.9. The van der Waals surface area contributed by atoms with E-state index in [0.717, 1.165) is 44.0 Å². The van der Waals surface area contributed by atoms with Gasteiger partial charge in [0, 0.05) is 25.7 Å². The minimum absolute atomic E-state index is 0.558. The highest BCUT2D eigenvalue weighted by atomic mass is 16.5. The SMILES string of the molecule is CCN(CCCOc1cccc(CN)c1)C(C)CN(C)C. The second-order valence-corrected chi connectivity index (χ2v) is 5.79. The van der Waals surface area contributed by atoms with E-state index in [1.54, 1.807) is 0 Å². The minimum atomic E-state index is 0.558. The van der Waals surface area contributed by atoms with Gasteiger partial charge in [-0.1, -0.05) is 19.1 Å². The molecule has 0 amide bonds. The second kappa shape index (κ2) is 9.77. The average Bonchev–Trinajstić information content (AvgIpc) is 2.46. The summed E-state index contributed by atoms with van der Waals surface area (Å²) in [7, 11) is 4.25. The van der Waals surface area contributed by atoms with Crippen molar-refractivity contribution in [3.8, 4) is 5.75 Å². The fourth-order valence-corrected chi connectivity index (χ4v) is 2.55. The molecule has 1 aromatic carbocycles. The molecule has 0 aliphatic rings. The zero-order valence-corrected chi connectivity index (χ0v) is 14.0. The van der Waals surface area contributed by atoms with Crippen molar-refractivity contribution in [3.05, 3.63) is 29.8 Å². The van der Waals surface area contributed by atoms with Gasteiger partial charge < -0.3 is 15.4 Å². The highest BCUT2D eigenvalue weighted by Crippen LogP contribution is 2.13. The third-order valence-electron chi connectivity index (χ3n) is 3.65. The van der Waals surface area contributed by atoms with Crippen LogP contribution >= 0.6 is 0 Å². The van der Waals surface area contributed by atoms with Crippen molar-refractivity contribution in [1.82, 2.24) is 9.80 Å². The Morgan fingerprint density at radius 3 is 2.67 bits per heavy atom. The molecule has 0 bridgehead atoms. The Bertz CT molecular complexity index is 395. The summed E-state index contributed by atoms with van der Waals surface area (Å²) in [5.74, 6) is 0.919. The van der Waals surface area contributed by atoms with Crippen LogP contribution in [0.15, 0.2) is 24.3 Å². The van der Waals surface area contributed by atoms with Crippen LogP contribution in [0, 0.1) is 0 Å². The molecule has 0 spiro atoms. The first-order valence-corrected chi connectivity index (χ1v) is 7.87. The highest BCUT2D eigenvalue weighted by molar-refractivity contribution is 5.28. The summed E-state index contributed by atoms with van der Waals surface area (Å²) in [6.07, 6.45) is 1.04. The summed E-state index contributed by atoms with van der Waals surface area (Å²) < 4.78 is 5.81. The predicted molar refractivity (Wildman–Crippen MR) is 89.7 cm³/mol. The third kappa shape index (κ3) is 6.93. The van der Waals surface area contributed by atoms with Crippen LogP contribution in [0.4, 0.5) is 0 Å². The number of rotatable bonds is 10. The van der Waals surface area contributed by atoms with Gasteiger partial charge in [0.2, 0.25) is 0 Å². The molecule has 0 fully saturated rings. The summed E-state index contributed by atoms with van der Waals surface area (Å²) in [5.41, 5.74) is 6.75. The standard InChI is InChI=1S/C17H31N3O/c1-5-20(15(2)14-19(3)4)10-7-11-21-17-9-6-8-16(12-17)13-18/h6,8-9,12,15H,5,7,10-11,13-14,18H2,1-4H3. The Balaban J connectivity index is 2.31. The number of hydrogen-bond donors (Lipinski definition) is 1. The number of ether oxygens (including phenoxy) is 1. The molecule has 0 heterocycles. The Morgan fingerprint density at radius 2 is 2.05 bits per heavy atom. The topological polar surface area (TPSA) is 41.7 Å². The van der Waals surface area contributed by atoms with Crippen LogP contribution in [0.1, 0.15) is 25.8 Å². The van der Waals surface area contributed by atoms with E-state index in [1.165, 1.54) is 0 Å². The summed E-state index contributed by atoms with van der Waals surface area (Å²) in [6.45, 7) is 9.06. The Morgan fingerprint density at radius 1 is 1.29 bits per heavy atom. The van der Waals surface area contributed by atoms with Gasteiger partial charge >= 0.3 is 0 Å². The zero-order valence-electron chi connectivity index (χ0n) is 14.0. The first kappa shape index (κ1) is 18.0. The second-order valence-electron chi connectivity index (χ2n) is 5.79. The van der Waals surface area contributed by atoms with Gasteiger partial charge in [0.25, 0.3) is 0 Å². The summed E-state index contributed by atoms with van der Waals surface area (Å²) >= 11 is 0. The molecule has 120 valence electrons. The molecule has 1 rings (SSSR count). The molecule has 4 heteroatoms. The lowest BCUT2D eigenvalue weighted by Crippen LogP contribution is -2.40. The van der Waals surface area contributed by atoms with E-state index < -0.39 is 0 Å². The quantitative estimate of drug-likeness (QED) is 0.672. The molecule has 0 aliphatic heterocycles. The first-order chi connectivity index (χ1) is 10.1. The van der Waals surface area contributed by atoms with E-state index >= 15 is 0 Å². The van der Waals surface area contributed by atoms with E-state index in [9.17, 15) is 0 Å². The maximum absolute atomic E-state index is 5.81. The van der Waals surface area contributed by atoms with Crippen molar-refractivity contribution in [3.63, 3.8) is 0 Å². The fourth-order valence-electron chi connectivity index (χ4n) is 2.55. The van der Waals surface area contributed by atoms with Crippen molar-refractivity contribution in [1.29, 1.82) is 0 Å². The zero-order chi connectivity index (χ0) is 15.7. The molecule has 0 aliphatic carbocycles. The molecular formula is C17H31N3O. The number of nitrogens with two attached hydrogens (primary N) is 1. The van der Waals surface area contributed by atoms with Crippen LogP contribution in [0.5, 0.6) is 5.75 Å². The van der Waals surface area contributed by atoms with Gasteiger partial charge in [-0.3, -0.25) is 4.90 Å². The van der Waals surface area contributed by atoms with E-state index in [2.05, 4.69) is 37.7 Å². The monoisotopic (exact) mass is 293 g/mol. The van der Waals surface area contributed by atoms with Gasteiger partial charge in [-0.2, -0.15) is 0 Å². The van der Waals surface area contributed by atoms with Crippen molar-refractivity contribution < 1.29 is 4.74 Å². The molecule has 0 saturated heterocycles. The van der Waals surface area contributed by atoms with E-state index in [-0.39, 0.29) is 0 Å².